The van der Waals surface area contributed by atoms with Crippen molar-refractivity contribution in [2.24, 2.45) is 0 Å². The summed E-state index contributed by atoms with van der Waals surface area (Å²) in [5.74, 6) is 0.195. The summed E-state index contributed by atoms with van der Waals surface area (Å²) in [4.78, 5) is 13.1. The number of nitrogens with zero attached hydrogens (tertiary/aromatic N) is 1. The summed E-state index contributed by atoms with van der Waals surface area (Å²) in [5, 5.41) is 18.0. The predicted octanol–water partition coefficient (Wildman–Crippen LogP) is -0.217. The molecule has 0 aromatic heterocycles. The maximum atomic E-state index is 11.0. The van der Waals surface area contributed by atoms with Crippen molar-refractivity contribution in [3.8, 4) is 0 Å². The molecule has 82 valence electrons. The van der Waals surface area contributed by atoms with Crippen molar-refractivity contribution in [2.45, 2.75) is 38.3 Å². The number of β-amino-alcohol motifs (C(OH)–C–C–N with tert-alkyl or cyclic N) is 1. The first-order valence-corrected chi connectivity index (χ1v) is 5.16. The number of rotatable bonds is 5. The third-order valence-corrected chi connectivity index (χ3v) is 2.68. The lowest BCUT2D eigenvalue weighted by atomic mass is 10.1. The van der Waals surface area contributed by atoms with Crippen LogP contribution in [0.2, 0.25) is 0 Å². The molecule has 0 amide bonds. The molecule has 2 unspecified atom stereocenters. The molecule has 4 heteroatoms. The lowest BCUT2D eigenvalue weighted by molar-refractivity contribution is -0.118. The highest BCUT2D eigenvalue weighted by Crippen LogP contribution is 2.20. The van der Waals surface area contributed by atoms with E-state index < -0.39 is 6.10 Å². The number of likely N-dealkylation sites (tertiary alicyclic amines) is 1. The quantitative estimate of drug-likeness (QED) is 0.646. The molecule has 1 aliphatic rings. The summed E-state index contributed by atoms with van der Waals surface area (Å²) >= 11 is 0. The fourth-order valence-corrected chi connectivity index (χ4v) is 2.03. The van der Waals surface area contributed by atoms with Gasteiger partial charge in [-0.1, -0.05) is 0 Å². The molecule has 0 aromatic carbocycles. The molecular weight excluding hydrogens is 182 g/mol. The molecular formula is C10H19NO3. The van der Waals surface area contributed by atoms with Crippen LogP contribution in [0.25, 0.3) is 0 Å². The van der Waals surface area contributed by atoms with E-state index in [1.54, 1.807) is 6.92 Å². The van der Waals surface area contributed by atoms with Gasteiger partial charge < -0.3 is 10.2 Å². The Morgan fingerprint density at radius 1 is 1.64 bits per heavy atom. The second-order valence-corrected chi connectivity index (χ2v) is 4.03. The van der Waals surface area contributed by atoms with Gasteiger partial charge in [0.25, 0.3) is 0 Å². The number of ketones is 1. The molecule has 2 N–H and O–H groups in total. The first kappa shape index (κ1) is 11.6. The predicted molar refractivity (Wildman–Crippen MR) is 53.0 cm³/mol. The van der Waals surface area contributed by atoms with Crippen LogP contribution in [-0.4, -0.2) is 52.7 Å². The van der Waals surface area contributed by atoms with Crippen molar-refractivity contribution in [1.82, 2.24) is 4.90 Å². The van der Waals surface area contributed by atoms with Crippen LogP contribution in [0.15, 0.2) is 0 Å². The van der Waals surface area contributed by atoms with Crippen LogP contribution in [0, 0.1) is 0 Å². The zero-order valence-electron chi connectivity index (χ0n) is 8.65. The number of carbonyl (C=O) groups excluding carboxylic acids is 1. The van der Waals surface area contributed by atoms with E-state index in [2.05, 4.69) is 4.90 Å². The van der Waals surface area contributed by atoms with Crippen LogP contribution in [0.3, 0.4) is 0 Å². The lowest BCUT2D eigenvalue weighted by Gasteiger charge is -2.25. The Morgan fingerprint density at radius 3 is 2.93 bits per heavy atom. The standard InChI is InChI=1S/C10H19NO3/c1-8(13)5-9-3-2-4-11(9)6-10(14)7-12/h9-10,12,14H,2-7H2,1H3. The Balaban J connectivity index is 2.38. The Morgan fingerprint density at radius 2 is 2.36 bits per heavy atom. The molecule has 4 nitrogen and oxygen atoms in total. The maximum absolute atomic E-state index is 11.0. The summed E-state index contributed by atoms with van der Waals surface area (Å²) in [6, 6.07) is 0.272. The smallest absolute Gasteiger partial charge is 0.131 e. The monoisotopic (exact) mass is 201 g/mol. The van der Waals surface area contributed by atoms with Gasteiger partial charge >= 0.3 is 0 Å². The Bertz CT molecular complexity index is 196. The fraction of sp³-hybridized carbons (Fsp3) is 0.900. The van der Waals surface area contributed by atoms with E-state index in [1.807, 2.05) is 0 Å². The minimum atomic E-state index is -0.678. The Labute approximate surface area is 84.5 Å². The van der Waals surface area contributed by atoms with Crippen molar-refractivity contribution in [3.05, 3.63) is 0 Å². The van der Waals surface area contributed by atoms with E-state index in [1.165, 1.54) is 0 Å². The topological polar surface area (TPSA) is 60.8 Å². The molecule has 0 radical (unpaired) electrons. The van der Waals surface area contributed by atoms with Crippen LogP contribution in [-0.2, 0) is 4.79 Å². The van der Waals surface area contributed by atoms with Gasteiger partial charge in [-0.2, -0.15) is 0 Å². The van der Waals surface area contributed by atoms with Gasteiger partial charge in [0.15, 0.2) is 0 Å². The molecule has 1 rings (SSSR count). The Hall–Kier alpha value is -0.450. The van der Waals surface area contributed by atoms with Gasteiger partial charge in [-0.15, -0.1) is 0 Å². The number of carbonyl (C=O) groups is 1. The fourth-order valence-electron chi connectivity index (χ4n) is 2.03. The van der Waals surface area contributed by atoms with E-state index in [-0.39, 0.29) is 18.4 Å². The number of aliphatic hydroxyl groups excluding tert-OH is 2. The van der Waals surface area contributed by atoms with E-state index >= 15 is 0 Å². The van der Waals surface area contributed by atoms with Gasteiger partial charge in [-0.3, -0.25) is 9.69 Å². The molecule has 1 fully saturated rings. The zero-order chi connectivity index (χ0) is 10.6. The molecule has 1 heterocycles. The summed E-state index contributed by atoms with van der Waals surface area (Å²) in [6.45, 7) is 2.80. The van der Waals surface area contributed by atoms with E-state index in [9.17, 15) is 9.90 Å². The second-order valence-electron chi connectivity index (χ2n) is 4.03. The highest BCUT2D eigenvalue weighted by molar-refractivity contribution is 5.76. The number of hydrogen-bond acceptors (Lipinski definition) is 4. The van der Waals surface area contributed by atoms with E-state index in [0.717, 1.165) is 19.4 Å². The Kier molecular flexibility index (Phi) is 4.51. The number of aliphatic hydroxyl groups is 2. The van der Waals surface area contributed by atoms with Crippen molar-refractivity contribution in [1.29, 1.82) is 0 Å². The molecule has 14 heavy (non-hydrogen) atoms. The van der Waals surface area contributed by atoms with Gasteiger partial charge in [0, 0.05) is 19.0 Å². The SMILES string of the molecule is CC(=O)CC1CCCN1CC(O)CO. The van der Waals surface area contributed by atoms with Crippen LogP contribution in [0.4, 0.5) is 0 Å². The molecule has 0 aliphatic carbocycles. The van der Waals surface area contributed by atoms with Gasteiger partial charge in [0.05, 0.1) is 12.7 Å². The van der Waals surface area contributed by atoms with E-state index in [4.69, 9.17) is 5.11 Å². The average Bonchev–Trinajstić information content (AvgIpc) is 2.52. The van der Waals surface area contributed by atoms with Gasteiger partial charge in [0.2, 0.25) is 0 Å². The van der Waals surface area contributed by atoms with Gasteiger partial charge in [0.1, 0.15) is 5.78 Å². The molecule has 2 atom stereocenters. The highest BCUT2D eigenvalue weighted by atomic mass is 16.3. The normalized spacial score (nSPS) is 25.2. The maximum Gasteiger partial charge on any atom is 0.131 e. The minimum absolute atomic E-state index is 0.195. The molecule has 0 aromatic rings. The largest absolute Gasteiger partial charge is 0.394 e. The summed E-state index contributed by atoms with van der Waals surface area (Å²) in [5.41, 5.74) is 0. The average molecular weight is 201 g/mol. The van der Waals surface area contributed by atoms with Crippen molar-refractivity contribution in [2.75, 3.05) is 19.7 Å². The summed E-state index contributed by atoms with van der Waals surface area (Å²) < 4.78 is 0. The van der Waals surface area contributed by atoms with Crippen LogP contribution >= 0.6 is 0 Å². The first-order chi connectivity index (χ1) is 6.63. The van der Waals surface area contributed by atoms with Crippen LogP contribution in [0.5, 0.6) is 0 Å². The van der Waals surface area contributed by atoms with Crippen LogP contribution < -0.4 is 0 Å². The van der Waals surface area contributed by atoms with Gasteiger partial charge in [-0.25, -0.2) is 0 Å². The number of Topliss-reactive ketones (excluding diaryl/α,β-unsaturated/α-hetero) is 1. The van der Waals surface area contributed by atoms with Gasteiger partial charge in [-0.05, 0) is 26.3 Å². The number of hydrogen-bond donors (Lipinski definition) is 2. The molecule has 1 aliphatic heterocycles. The second kappa shape index (κ2) is 5.44. The molecule has 0 bridgehead atoms. The van der Waals surface area contributed by atoms with Crippen LogP contribution in [0.1, 0.15) is 26.2 Å². The van der Waals surface area contributed by atoms with Crippen molar-refractivity contribution < 1.29 is 15.0 Å². The molecule has 0 saturated carbocycles. The molecule has 0 spiro atoms. The summed E-state index contributed by atoms with van der Waals surface area (Å²) in [7, 11) is 0. The first-order valence-electron chi connectivity index (χ1n) is 5.16. The van der Waals surface area contributed by atoms with Crippen molar-refractivity contribution in [3.63, 3.8) is 0 Å². The van der Waals surface area contributed by atoms with E-state index in [0.29, 0.717) is 13.0 Å². The molecule has 1 saturated heterocycles. The third kappa shape index (κ3) is 3.36. The minimum Gasteiger partial charge on any atom is -0.394 e. The van der Waals surface area contributed by atoms with Crippen molar-refractivity contribution >= 4 is 5.78 Å². The summed E-state index contributed by atoms with van der Waals surface area (Å²) in [6.07, 6.45) is 1.99. The third-order valence-electron chi connectivity index (χ3n) is 2.68. The zero-order valence-corrected chi connectivity index (χ0v) is 8.65. The highest BCUT2D eigenvalue weighted by Gasteiger charge is 2.26. The lowest BCUT2D eigenvalue weighted by Crippen LogP contribution is -2.38.